The van der Waals surface area contributed by atoms with Crippen LogP contribution in [0.3, 0.4) is 0 Å². The van der Waals surface area contributed by atoms with Gasteiger partial charge in [-0.25, -0.2) is 14.0 Å². The molecule has 7 heteroatoms. The number of carbonyl (C=O) groups excluding carboxylic acids is 2. The van der Waals surface area contributed by atoms with Gasteiger partial charge in [0.1, 0.15) is 5.82 Å². The number of carboxylic acid groups (broad SMARTS) is 1. The van der Waals surface area contributed by atoms with Gasteiger partial charge < -0.3 is 10.4 Å². The van der Waals surface area contributed by atoms with Gasteiger partial charge in [0.05, 0.1) is 0 Å². The fourth-order valence-electron chi connectivity index (χ4n) is 1.36. The van der Waals surface area contributed by atoms with Gasteiger partial charge in [-0.2, -0.15) is 0 Å². The Bertz CT molecular complexity index is 638. The summed E-state index contributed by atoms with van der Waals surface area (Å²) in [5.41, 5.74) is 0.349. The fraction of sp³-hybridized carbons (Fsp3) is 0.214. The third kappa shape index (κ3) is 4.41. The number of anilines is 1. The van der Waals surface area contributed by atoms with E-state index in [1.165, 1.54) is 26.0 Å². The Labute approximate surface area is 120 Å². The Balaban J connectivity index is 2.74. The number of amides is 3. The maximum atomic E-state index is 13.3. The zero-order valence-electron chi connectivity index (χ0n) is 11.8. The van der Waals surface area contributed by atoms with Crippen LogP contribution in [0.15, 0.2) is 29.3 Å². The SMILES string of the molecule is CC(C(=O)O)=C(C)C(=O)NC(=O)Nc1ccc(C)c(F)c1. The van der Waals surface area contributed by atoms with Gasteiger partial charge in [-0.05, 0) is 38.5 Å². The van der Waals surface area contributed by atoms with Gasteiger partial charge in [0, 0.05) is 16.8 Å². The highest BCUT2D eigenvalue weighted by molar-refractivity contribution is 6.10. The molecule has 0 saturated heterocycles. The Hall–Kier alpha value is -2.70. The van der Waals surface area contributed by atoms with E-state index < -0.39 is 23.7 Å². The van der Waals surface area contributed by atoms with Crippen molar-refractivity contribution in [2.75, 3.05) is 5.32 Å². The summed E-state index contributed by atoms with van der Waals surface area (Å²) in [6.07, 6.45) is 0. The van der Waals surface area contributed by atoms with Crippen molar-refractivity contribution in [3.8, 4) is 0 Å². The molecule has 6 nitrogen and oxygen atoms in total. The van der Waals surface area contributed by atoms with Gasteiger partial charge in [-0.3, -0.25) is 10.1 Å². The average Bonchev–Trinajstić information content (AvgIpc) is 2.40. The molecule has 0 aliphatic heterocycles. The van der Waals surface area contributed by atoms with Crippen molar-refractivity contribution in [1.82, 2.24) is 5.32 Å². The first-order chi connectivity index (χ1) is 9.72. The van der Waals surface area contributed by atoms with Gasteiger partial charge >= 0.3 is 12.0 Å². The highest BCUT2D eigenvalue weighted by Crippen LogP contribution is 2.13. The lowest BCUT2D eigenvalue weighted by atomic mass is 10.1. The standard InChI is InChI=1S/C14H15FN2O4/c1-7-4-5-10(6-11(7)15)16-14(21)17-12(18)8(2)9(3)13(19)20/h4-6H,1-3H3,(H,19,20)(H2,16,17,18,21). The number of carboxylic acids is 1. The first-order valence-corrected chi connectivity index (χ1v) is 6.01. The van der Waals surface area contributed by atoms with E-state index in [0.717, 1.165) is 6.07 Å². The van der Waals surface area contributed by atoms with Crippen LogP contribution in [0.1, 0.15) is 19.4 Å². The van der Waals surface area contributed by atoms with Gasteiger partial charge in [-0.1, -0.05) is 6.07 Å². The summed E-state index contributed by atoms with van der Waals surface area (Å²) in [6.45, 7) is 4.12. The number of halogens is 1. The summed E-state index contributed by atoms with van der Waals surface area (Å²) >= 11 is 0. The number of aliphatic carboxylic acids is 1. The average molecular weight is 294 g/mol. The molecule has 112 valence electrons. The largest absolute Gasteiger partial charge is 0.478 e. The van der Waals surface area contributed by atoms with Crippen LogP contribution >= 0.6 is 0 Å². The quantitative estimate of drug-likeness (QED) is 0.745. The molecule has 0 fully saturated rings. The van der Waals surface area contributed by atoms with Gasteiger partial charge in [0.2, 0.25) is 0 Å². The Morgan fingerprint density at radius 3 is 2.29 bits per heavy atom. The molecule has 0 atom stereocenters. The van der Waals surface area contributed by atoms with Crippen molar-refractivity contribution in [2.24, 2.45) is 0 Å². The molecular weight excluding hydrogens is 279 g/mol. The van der Waals surface area contributed by atoms with Crippen LogP contribution in [-0.4, -0.2) is 23.0 Å². The smallest absolute Gasteiger partial charge is 0.331 e. The summed E-state index contributed by atoms with van der Waals surface area (Å²) in [7, 11) is 0. The highest BCUT2D eigenvalue weighted by Gasteiger charge is 2.15. The zero-order valence-corrected chi connectivity index (χ0v) is 11.8. The molecule has 3 amide bonds. The summed E-state index contributed by atoms with van der Waals surface area (Å²) in [5.74, 6) is -2.57. The number of imide groups is 1. The van der Waals surface area contributed by atoms with Gasteiger partial charge in [0.25, 0.3) is 5.91 Å². The summed E-state index contributed by atoms with van der Waals surface area (Å²) in [6, 6.07) is 3.20. The highest BCUT2D eigenvalue weighted by atomic mass is 19.1. The van der Waals surface area contributed by atoms with Crippen LogP contribution in [0.5, 0.6) is 0 Å². The number of rotatable bonds is 3. The third-order valence-electron chi connectivity index (χ3n) is 2.88. The molecule has 0 unspecified atom stereocenters. The fourth-order valence-corrected chi connectivity index (χ4v) is 1.36. The topological polar surface area (TPSA) is 95.5 Å². The van der Waals surface area contributed by atoms with E-state index in [0.29, 0.717) is 5.56 Å². The molecule has 0 bridgehead atoms. The van der Waals surface area contributed by atoms with Gasteiger partial charge in [-0.15, -0.1) is 0 Å². The molecule has 1 rings (SSSR count). The number of benzene rings is 1. The molecule has 0 heterocycles. The van der Waals surface area contributed by atoms with E-state index in [2.05, 4.69) is 5.32 Å². The molecule has 0 radical (unpaired) electrons. The maximum absolute atomic E-state index is 13.3. The number of aryl methyl sites for hydroxylation is 1. The molecular formula is C14H15FN2O4. The Kier molecular flexibility index (Phi) is 5.18. The van der Waals surface area contributed by atoms with Crippen molar-refractivity contribution < 1.29 is 23.9 Å². The van der Waals surface area contributed by atoms with Crippen LogP contribution in [0.4, 0.5) is 14.9 Å². The van der Waals surface area contributed by atoms with Crippen molar-refractivity contribution in [1.29, 1.82) is 0 Å². The van der Waals surface area contributed by atoms with E-state index >= 15 is 0 Å². The molecule has 21 heavy (non-hydrogen) atoms. The van der Waals surface area contributed by atoms with E-state index in [1.54, 1.807) is 6.92 Å². The molecule has 1 aromatic rings. The van der Waals surface area contributed by atoms with E-state index in [-0.39, 0.29) is 16.8 Å². The molecule has 0 saturated carbocycles. The lowest BCUT2D eigenvalue weighted by Gasteiger charge is -2.08. The Morgan fingerprint density at radius 2 is 1.76 bits per heavy atom. The summed E-state index contributed by atoms with van der Waals surface area (Å²) < 4.78 is 13.3. The number of urea groups is 1. The molecule has 0 aliphatic carbocycles. The van der Waals surface area contributed by atoms with E-state index in [4.69, 9.17) is 5.11 Å². The summed E-state index contributed by atoms with van der Waals surface area (Å²) in [5, 5.41) is 13.0. The minimum atomic E-state index is -1.25. The number of hydrogen-bond donors (Lipinski definition) is 3. The predicted molar refractivity (Wildman–Crippen MR) is 74.3 cm³/mol. The second-order valence-corrected chi connectivity index (χ2v) is 4.43. The second kappa shape index (κ2) is 6.65. The van der Waals surface area contributed by atoms with Crippen LogP contribution in [0.25, 0.3) is 0 Å². The van der Waals surface area contributed by atoms with Crippen LogP contribution < -0.4 is 10.6 Å². The zero-order chi connectivity index (χ0) is 16.2. The molecule has 3 N–H and O–H groups in total. The van der Waals surface area contributed by atoms with E-state index in [9.17, 15) is 18.8 Å². The second-order valence-electron chi connectivity index (χ2n) is 4.43. The molecule has 1 aromatic carbocycles. The number of carbonyl (C=O) groups is 3. The van der Waals surface area contributed by atoms with Crippen molar-refractivity contribution in [3.05, 3.63) is 40.7 Å². The first kappa shape index (κ1) is 16.4. The van der Waals surface area contributed by atoms with Crippen molar-refractivity contribution >= 4 is 23.6 Å². The van der Waals surface area contributed by atoms with Crippen molar-refractivity contribution in [3.63, 3.8) is 0 Å². The number of hydrogen-bond acceptors (Lipinski definition) is 3. The van der Waals surface area contributed by atoms with Crippen LogP contribution in [0.2, 0.25) is 0 Å². The van der Waals surface area contributed by atoms with Crippen molar-refractivity contribution in [2.45, 2.75) is 20.8 Å². The molecule has 0 aliphatic rings. The maximum Gasteiger partial charge on any atom is 0.331 e. The monoisotopic (exact) mass is 294 g/mol. The molecule has 0 aromatic heterocycles. The summed E-state index contributed by atoms with van der Waals surface area (Å²) in [4.78, 5) is 33.9. The minimum absolute atomic E-state index is 0.0901. The van der Waals surface area contributed by atoms with E-state index in [1.807, 2.05) is 5.32 Å². The predicted octanol–water partition coefficient (Wildman–Crippen LogP) is 2.20. The third-order valence-corrected chi connectivity index (χ3v) is 2.88. The first-order valence-electron chi connectivity index (χ1n) is 6.01. The minimum Gasteiger partial charge on any atom is -0.478 e. The lowest BCUT2D eigenvalue weighted by molar-refractivity contribution is -0.133. The number of nitrogens with one attached hydrogen (secondary N) is 2. The van der Waals surface area contributed by atoms with Crippen LogP contribution in [-0.2, 0) is 9.59 Å². The van der Waals surface area contributed by atoms with Gasteiger partial charge in [0.15, 0.2) is 0 Å². The molecule has 0 spiro atoms. The normalized spacial score (nSPS) is 11.4. The Morgan fingerprint density at radius 1 is 1.14 bits per heavy atom. The van der Waals surface area contributed by atoms with Crippen LogP contribution in [0, 0.1) is 12.7 Å². The lowest BCUT2D eigenvalue weighted by Crippen LogP contribution is -2.35.